The SMILES string of the molecule is c1ccc(-c2ccc3cc(-c4nc(-c5ccc(-c6ccc7cc8c(cc7c6)oc6ccccc68)cc5)nc(-c5cccc6oc7ccccc7c56)n4)ccc3c2)cc1. The largest absolute Gasteiger partial charge is 0.456 e. The van der Waals surface area contributed by atoms with Crippen LogP contribution in [0.3, 0.4) is 0 Å². The number of fused-ring (bicyclic) bond motifs is 8. The predicted molar refractivity (Wildman–Crippen MR) is 237 cm³/mol. The van der Waals surface area contributed by atoms with Gasteiger partial charge in [-0.2, -0.15) is 0 Å². The first-order valence-corrected chi connectivity index (χ1v) is 19.4. The number of aromatic nitrogens is 3. The van der Waals surface area contributed by atoms with Crippen molar-refractivity contribution in [1.82, 2.24) is 15.0 Å². The molecule has 5 heteroatoms. The summed E-state index contributed by atoms with van der Waals surface area (Å²) >= 11 is 0. The van der Waals surface area contributed by atoms with Gasteiger partial charge in [0.05, 0.1) is 0 Å². The Morgan fingerprint density at radius 3 is 1.57 bits per heavy atom. The molecule has 0 amide bonds. The molecule has 0 bridgehead atoms. The van der Waals surface area contributed by atoms with E-state index in [1.165, 1.54) is 16.5 Å². The van der Waals surface area contributed by atoms with Gasteiger partial charge in [0.25, 0.3) is 0 Å². The zero-order valence-electron chi connectivity index (χ0n) is 31.1. The van der Waals surface area contributed by atoms with Crippen LogP contribution in [0.2, 0.25) is 0 Å². The molecule has 270 valence electrons. The van der Waals surface area contributed by atoms with Crippen LogP contribution < -0.4 is 0 Å². The maximum Gasteiger partial charge on any atom is 0.164 e. The molecule has 9 aromatic carbocycles. The van der Waals surface area contributed by atoms with Gasteiger partial charge in [-0.05, 0) is 92.3 Å². The Morgan fingerprint density at radius 2 is 0.793 bits per heavy atom. The minimum absolute atomic E-state index is 0.590. The summed E-state index contributed by atoms with van der Waals surface area (Å²) < 4.78 is 12.5. The van der Waals surface area contributed by atoms with Crippen LogP contribution in [-0.2, 0) is 0 Å². The van der Waals surface area contributed by atoms with E-state index in [0.29, 0.717) is 17.5 Å². The highest BCUT2D eigenvalue weighted by Gasteiger charge is 2.18. The lowest BCUT2D eigenvalue weighted by Gasteiger charge is -2.11. The summed E-state index contributed by atoms with van der Waals surface area (Å²) in [6.07, 6.45) is 0. The number of hydrogen-bond donors (Lipinski definition) is 0. The molecule has 3 aromatic heterocycles. The van der Waals surface area contributed by atoms with E-state index in [2.05, 4.69) is 140 Å². The maximum absolute atomic E-state index is 6.27. The van der Waals surface area contributed by atoms with Crippen LogP contribution in [0.15, 0.2) is 197 Å². The Hall–Kier alpha value is -7.89. The Balaban J connectivity index is 0.968. The summed E-state index contributed by atoms with van der Waals surface area (Å²) in [6.45, 7) is 0. The van der Waals surface area contributed by atoms with Crippen LogP contribution in [0.25, 0.3) is 122 Å². The topological polar surface area (TPSA) is 65.0 Å². The standard InChI is InChI=1S/C53H31N3O2/c1-2-9-32(10-3-1)35-21-23-38-28-40(26-25-37(38)27-35)52-54-51(55-53(56-52)44-13-8-16-48-50(44)43-12-5-7-15-47(43)57-48)34-19-17-33(18-20-34)36-22-24-39-30-45-42-11-4-6-14-46(42)58-49(45)31-41(39)29-36/h1-31H. The van der Waals surface area contributed by atoms with E-state index in [0.717, 1.165) is 87.9 Å². The normalized spacial score (nSPS) is 11.8. The lowest BCUT2D eigenvalue weighted by Crippen LogP contribution is -2.00. The lowest BCUT2D eigenvalue weighted by molar-refractivity contribution is 0.669. The number of furan rings is 2. The van der Waals surface area contributed by atoms with E-state index < -0.39 is 0 Å². The Bertz CT molecular complexity index is 3570. The van der Waals surface area contributed by atoms with Crippen LogP contribution in [0.1, 0.15) is 0 Å². The molecule has 0 unspecified atom stereocenters. The monoisotopic (exact) mass is 741 g/mol. The van der Waals surface area contributed by atoms with Crippen LogP contribution in [0, 0.1) is 0 Å². The molecule has 12 aromatic rings. The van der Waals surface area contributed by atoms with Crippen molar-refractivity contribution >= 4 is 65.4 Å². The van der Waals surface area contributed by atoms with Gasteiger partial charge in [-0.25, -0.2) is 15.0 Å². The number of nitrogens with zero attached hydrogens (tertiary/aromatic N) is 3. The van der Waals surface area contributed by atoms with E-state index in [9.17, 15) is 0 Å². The fraction of sp³-hybridized carbons (Fsp3) is 0. The molecule has 0 N–H and O–H groups in total. The van der Waals surface area contributed by atoms with Crippen molar-refractivity contribution in [2.45, 2.75) is 0 Å². The summed E-state index contributed by atoms with van der Waals surface area (Å²) in [4.78, 5) is 15.5. The first kappa shape index (κ1) is 32.4. The molecule has 0 saturated heterocycles. The molecule has 0 aliphatic rings. The van der Waals surface area contributed by atoms with Crippen molar-refractivity contribution in [2.24, 2.45) is 0 Å². The van der Waals surface area contributed by atoms with Crippen molar-refractivity contribution in [1.29, 1.82) is 0 Å². The minimum atomic E-state index is 0.590. The molecular weight excluding hydrogens is 711 g/mol. The van der Waals surface area contributed by atoms with E-state index in [1.54, 1.807) is 0 Å². The smallest absolute Gasteiger partial charge is 0.164 e. The van der Waals surface area contributed by atoms with Gasteiger partial charge in [0, 0.05) is 38.2 Å². The van der Waals surface area contributed by atoms with Crippen LogP contribution >= 0.6 is 0 Å². The molecule has 5 nitrogen and oxygen atoms in total. The first-order valence-electron chi connectivity index (χ1n) is 19.4. The van der Waals surface area contributed by atoms with Gasteiger partial charge in [-0.1, -0.05) is 140 Å². The summed E-state index contributed by atoms with van der Waals surface area (Å²) in [5, 5.41) is 8.86. The maximum atomic E-state index is 6.27. The molecule has 0 fully saturated rings. The van der Waals surface area contributed by atoms with E-state index in [-0.39, 0.29) is 0 Å². The van der Waals surface area contributed by atoms with Crippen molar-refractivity contribution in [3.8, 4) is 56.4 Å². The van der Waals surface area contributed by atoms with Crippen molar-refractivity contribution in [3.05, 3.63) is 188 Å². The molecule has 0 aliphatic carbocycles. The molecule has 0 atom stereocenters. The zero-order valence-corrected chi connectivity index (χ0v) is 31.1. The second-order valence-corrected chi connectivity index (χ2v) is 14.8. The second-order valence-electron chi connectivity index (χ2n) is 14.8. The summed E-state index contributed by atoms with van der Waals surface area (Å²) in [5.74, 6) is 1.79. The number of para-hydroxylation sites is 2. The lowest BCUT2D eigenvalue weighted by atomic mass is 9.99. The van der Waals surface area contributed by atoms with Crippen molar-refractivity contribution in [2.75, 3.05) is 0 Å². The molecule has 0 radical (unpaired) electrons. The van der Waals surface area contributed by atoms with Gasteiger partial charge in [-0.15, -0.1) is 0 Å². The van der Waals surface area contributed by atoms with E-state index in [1.807, 2.05) is 48.5 Å². The highest BCUT2D eigenvalue weighted by Crippen LogP contribution is 2.38. The number of benzene rings is 9. The van der Waals surface area contributed by atoms with Gasteiger partial charge in [-0.3, -0.25) is 0 Å². The Morgan fingerprint density at radius 1 is 0.276 bits per heavy atom. The fourth-order valence-electron chi connectivity index (χ4n) is 8.37. The predicted octanol–water partition coefficient (Wildman–Crippen LogP) is 14.3. The highest BCUT2D eigenvalue weighted by molar-refractivity contribution is 6.12. The first-order chi connectivity index (χ1) is 28.7. The summed E-state index contributed by atoms with van der Waals surface area (Å²) in [5.41, 5.74) is 10.7. The van der Waals surface area contributed by atoms with Gasteiger partial charge >= 0.3 is 0 Å². The quantitative estimate of drug-likeness (QED) is 0.176. The number of hydrogen-bond acceptors (Lipinski definition) is 5. The van der Waals surface area contributed by atoms with E-state index >= 15 is 0 Å². The summed E-state index contributed by atoms with van der Waals surface area (Å²) in [7, 11) is 0. The van der Waals surface area contributed by atoms with Crippen molar-refractivity contribution < 1.29 is 8.83 Å². The molecule has 3 heterocycles. The van der Waals surface area contributed by atoms with Crippen LogP contribution in [0.4, 0.5) is 0 Å². The Labute approximate surface area is 332 Å². The fourth-order valence-corrected chi connectivity index (χ4v) is 8.37. The number of rotatable bonds is 5. The second kappa shape index (κ2) is 12.8. The molecule has 0 spiro atoms. The highest BCUT2D eigenvalue weighted by atomic mass is 16.3. The Kier molecular flexibility index (Phi) is 7.16. The van der Waals surface area contributed by atoms with Gasteiger partial charge in [0.1, 0.15) is 22.3 Å². The summed E-state index contributed by atoms with van der Waals surface area (Å²) in [6, 6.07) is 65.3. The van der Waals surface area contributed by atoms with Gasteiger partial charge in [0.15, 0.2) is 17.5 Å². The average Bonchev–Trinajstić information content (AvgIpc) is 3.86. The van der Waals surface area contributed by atoms with Gasteiger partial charge in [0.2, 0.25) is 0 Å². The van der Waals surface area contributed by atoms with Crippen LogP contribution in [-0.4, -0.2) is 15.0 Å². The molecule has 0 aliphatic heterocycles. The van der Waals surface area contributed by atoms with Crippen molar-refractivity contribution in [3.63, 3.8) is 0 Å². The minimum Gasteiger partial charge on any atom is -0.456 e. The average molecular weight is 742 g/mol. The zero-order chi connectivity index (χ0) is 38.2. The molecular formula is C53H31N3O2. The molecule has 0 saturated carbocycles. The third-order valence-electron chi connectivity index (χ3n) is 11.3. The molecule has 12 rings (SSSR count). The molecule has 58 heavy (non-hydrogen) atoms. The van der Waals surface area contributed by atoms with E-state index in [4.69, 9.17) is 23.8 Å². The third-order valence-corrected chi connectivity index (χ3v) is 11.3. The van der Waals surface area contributed by atoms with Gasteiger partial charge < -0.3 is 8.83 Å². The van der Waals surface area contributed by atoms with Crippen LogP contribution in [0.5, 0.6) is 0 Å². The third kappa shape index (κ3) is 5.36.